The van der Waals surface area contributed by atoms with Crippen molar-refractivity contribution in [3.63, 3.8) is 0 Å². The van der Waals surface area contributed by atoms with Crippen LogP contribution in [-0.2, 0) is 6.18 Å². The summed E-state index contributed by atoms with van der Waals surface area (Å²) in [7, 11) is 0. The SMILES string of the molecule is N#Cc1c(N)sc2c(F)ccc(-c3c(C(F)(F)F)cc4c(OC5CCNC5CO)nc(OCC56CCCN5CC(F)C6)nc4c3F)c12. The molecule has 47 heavy (non-hydrogen) atoms. The number of fused-ring (bicyclic) bond motifs is 3. The number of anilines is 1. The molecular formula is C31H28F6N6O3S. The largest absolute Gasteiger partial charge is 0.472 e. The zero-order valence-corrected chi connectivity index (χ0v) is 25.5. The molecule has 0 saturated carbocycles. The van der Waals surface area contributed by atoms with Crippen molar-refractivity contribution in [2.24, 2.45) is 0 Å². The first kappa shape index (κ1) is 31.7. The molecule has 9 nitrogen and oxygen atoms in total. The average molecular weight is 679 g/mol. The molecule has 4 atom stereocenters. The summed E-state index contributed by atoms with van der Waals surface area (Å²) in [5.41, 5.74) is 1.62. The van der Waals surface area contributed by atoms with Crippen molar-refractivity contribution in [2.45, 2.75) is 55.7 Å². The van der Waals surface area contributed by atoms with Crippen LogP contribution in [0.1, 0.15) is 36.8 Å². The number of benzene rings is 2. The number of nitrogens with two attached hydrogens (primary N) is 1. The third kappa shape index (κ3) is 5.29. The fourth-order valence-electron chi connectivity index (χ4n) is 7.19. The minimum absolute atomic E-state index is 0.0456. The van der Waals surface area contributed by atoms with Crippen molar-refractivity contribution >= 4 is 37.3 Å². The van der Waals surface area contributed by atoms with Crippen LogP contribution in [0.15, 0.2) is 18.2 Å². The molecule has 2 aromatic carbocycles. The molecule has 4 N–H and O–H groups in total. The lowest BCUT2D eigenvalue weighted by atomic mass is 9.92. The number of nitrogens with one attached hydrogen (secondary N) is 1. The molecule has 3 fully saturated rings. The zero-order valence-electron chi connectivity index (χ0n) is 24.6. The van der Waals surface area contributed by atoms with Crippen molar-refractivity contribution in [3.8, 4) is 29.1 Å². The van der Waals surface area contributed by atoms with E-state index in [0.717, 1.165) is 18.6 Å². The molecule has 4 aromatic rings. The maximum Gasteiger partial charge on any atom is 0.417 e. The number of aliphatic hydroxyl groups excluding tert-OH is 1. The van der Waals surface area contributed by atoms with Crippen molar-refractivity contribution in [1.29, 1.82) is 5.26 Å². The van der Waals surface area contributed by atoms with E-state index in [4.69, 9.17) is 15.2 Å². The summed E-state index contributed by atoms with van der Waals surface area (Å²) >= 11 is 0.666. The van der Waals surface area contributed by atoms with Crippen LogP contribution in [0.3, 0.4) is 0 Å². The monoisotopic (exact) mass is 678 g/mol. The normalized spacial score (nSPS) is 24.7. The number of nitriles is 1. The first-order valence-electron chi connectivity index (χ1n) is 15.0. The van der Waals surface area contributed by atoms with Crippen LogP contribution in [-0.4, -0.2) is 76.7 Å². The van der Waals surface area contributed by atoms with Crippen LogP contribution in [0.4, 0.5) is 31.3 Å². The van der Waals surface area contributed by atoms with Crippen LogP contribution in [0.2, 0.25) is 0 Å². The Balaban J connectivity index is 1.44. The quantitative estimate of drug-likeness (QED) is 0.223. The van der Waals surface area contributed by atoms with Gasteiger partial charge in [-0.05, 0) is 50.0 Å². The molecule has 3 saturated heterocycles. The number of nitrogens with zero attached hydrogens (tertiary/aromatic N) is 4. The number of aliphatic hydroxyl groups is 1. The van der Waals surface area contributed by atoms with Gasteiger partial charge in [0, 0.05) is 23.9 Å². The number of hydrogen-bond donors (Lipinski definition) is 3. The Labute approximate surface area is 267 Å². The fraction of sp³-hybridized carbons (Fsp3) is 0.452. The highest BCUT2D eigenvalue weighted by atomic mass is 32.1. The Morgan fingerprint density at radius 2 is 2.06 bits per heavy atom. The molecule has 16 heteroatoms. The Hall–Kier alpha value is -3.91. The molecule has 4 unspecified atom stereocenters. The molecule has 248 valence electrons. The highest BCUT2D eigenvalue weighted by Crippen LogP contribution is 2.48. The minimum atomic E-state index is -5.13. The summed E-state index contributed by atoms with van der Waals surface area (Å²) in [4.78, 5) is 10.5. The predicted molar refractivity (Wildman–Crippen MR) is 161 cm³/mol. The van der Waals surface area contributed by atoms with Gasteiger partial charge in [-0.15, -0.1) is 11.3 Å². The standard InChI is InChI=1S/C31H28F6N6O3S/c32-14-9-30(5-1-7-43(30)11-14)13-45-29-41-25-16(28(42-29)46-21-4-6-40-20(21)12-44)8-18(31(35,36)37)23(24(25)34)15-2-3-19(33)26-22(15)17(10-38)27(39)47-26/h2-3,8,14,20-21,40,44H,1,4-7,9,11-13,39H2. The summed E-state index contributed by atoms with van der Waals surface area (Å²) in [6, 6.07) is 3.34. The second kappa shape index (κ2) is 11.7. The highest BCUT2D eigenvalue weighted by molar-refractivity contribution is 7.23. The smallest absolute Gasteiger partial charge is 0.417 e. The highest BCUT2D eigenvalue weighted by Gasteiger charge is 2.49. The van der Waals surface area contributed by atoms with Gasteiger partial charge < -0.3 is 25.6 Å². The molecule has 7 rings (SSSR count). The summed E-state index contributed by atoms with van der Waals surface area (Å²) in [5.74, 6) is -2.66. The number of aromatic nitrogens is 2. The van der Waals surface area contributed by atoms with Crippen LogP contribution in [0.25, 0.3) is 32.1 Å². The third-order valence-electron chi connectivity index (χ3n) is 9.35. The molecule has 3 aliphatic heterocycles. The van der Waals surface area contributed by atoms with Gasteiger partial charge in [0.2, 0.25) is 5.88 Å². The lowest BCUT2D eigenvalue weighted by Gasteiger charge is -2.30. The van der Waals surface area contributed by atoms with Crippen LogP contribution in [0, 0.1) is 23.0 Å². The van der Waals surface area contributed by atoms with Gasteiger partial charge in [0.25, 0.3) is 0 Å². The number of rotatable bonds is 7. The molecule has 0 radical (unpaired) electrons. The predicted octanol–water partition coefficient (Wildman–Crippen LogP) is 5.32. The van der Waals surface area contributed by atoms with E-state index in [1.54, 1.807) is 6.07 Å². The number of hydrogen-bond acceptors (Lipinski definition) is 10. The molecule has 2 aromatic heterocycles. The second-order valence-electron chi connectivity index (χ2n) is 12.1. The van der Waals surface area contributed by atoms with Crippen molar-refractivity contribution < 1.29 is 40.9 Å². The molecule has 3 aliphatic rings. The van der Waals surface area contributed by atoms with Gasteiger partial charge in [-0.2, -0.15) is 28.4 Å². The van der Waals surface area contributed by atoms with Crippen LogP contribution < -0.4 is 20.5 Å². The Bertz CT molecular complexity index is 1930. The molecule has 5 heterocycles. The van der Waals surface area contributed by atoms with Gasteiger partial charge in [-0.3, -0.25) is 4.90 Å². The maximum absolute atomic E-state index is 16.8. The van der Waals surface area contributed by atoms with E-state index in [1.807, 2.05) is 4.90 Å². The molecule has 0 amide bonds. The lowest BCUT2D eigenvalue weighted by molar-refractivity contribution is -0.137. The summed E-state index contributed by atoms with van der Waals surface area (Å²) in [5, 5.41) is 21.8. The first-order chi connectivity index (χ1) is 22.4. The molecular weight excluding hydrogens is 650 g/mol. The Morgan fingerprint density at radius 3 is 2.81 bits per heavy atom. The minimum Gasteiger partial charge on any atom is -0.472 e. The van der Waals surface area contributed by atoms with Crippen LogP contribution in [0.5, 0.6) is 11.9 Å². The maximum atomic E-state index is 16.8. The average Bonchev–Trinajstić information content (AvgIpc) is 3.78. The number of halogens is 6. The molecule has 0 spiro atoms. The van der Waals surface area contributed by atoms with E-state index in [2.05, 4.69) is 15.3 Å². The number of thiophene rings is 1. The third-order valence-corrected chi connectivity index (χ3v) is 10.4. The Morgan fingerprint density at radius 1 is 1.26 bits per heavy atom. The van der Waals surface area contributed by atoms with E-state index in [0.29, 0.717) is 43.3 Å². The fourth-order valence-corrected chi connectivity index (χ4v) is 8.14. The van der Waals surface area contributed by atoms with Crippen molar-refractivity contribution in [3.05, 3.63) is 41.0 Å². The number of nitrogen functional groups attached to an aromatic ring is 1. The lowest BCUT2D eigenvalue weighted by Crippen LogP contribution is -2.43. The van der Waals surface area contributed by atoms with Crippen LogP contribution >= 0.6 is 11.3 Å². The van der Waals surface area contributed by atoms with Gasteiger partial charge in [0.1, 0.15) is 41.3 Å². The zero-order chi connectivity index (χ0) is 33.2. The molecule has 0 aliphatic carbocycles. The topological polar surface area (TPSA) is 130 Å². The van der Waals surface area contributed by atoms with Gasteiger partial charge in [0.15, 0.2) is 5.82 Å². The summed E-state index contributed by atoms with van der Waals surface area (Å²) in [6.07, 6.45) is -4.85. The van der Waals surface area contributed by atoms with E-state index >= 15 is 4.39 Å². The van der Waals surface area contributed by atoms with Gasteiger partial charge in [-0.1, -0.05) is 6.07 Å². The number of alkyl halides is 4. The van der Waals surface area contributed by atoms with Gasteiger partial charge in [-0.25, -0.2) is 13.2 Å². The van der Waals surface area contributed by atoms with Crippen molar-refractivity contribution in [2.75, 3.05) is 38.6 Å². The first-order valence-corrected chi connectivity index (χ1v) is 15.8. The summed E-state index contributed by atoms with van der Waals surface area (Å²) < 4.78 is 102. The Kier molecular flexibility index (Phi) is 7.85. The van der Waals surface area contributed by atoms with E-state index in [9.17, 15) is 32.3 Å². The second-order valence-corrected chi connectivity index (χ2v) is 13.2. The van der Waals surface area contributed by atoms with Gasteiger partial charge in [0.05, 0.1) is 39.4 Å². The van der Waals surface area contributed by atoms with E-state index < -0.39 is 81.2 Å². The summed E-state index contributed by atoms with van der Waals surface area (Å²) in [6.45, 7) is 0.988. The number of ether oxygens (including phenoxy) is 2. The molecule has 0 bridgehead atoms. The van der Waals surface area contributed by atoms with Crippen molar-refractivity contribution in [1.82, 2.24) is 20.2 Å². The van der Waals surface area contributed by atoms with E-state index in [1.165, 1.54) is 0 Å². The van der Waals surface area contributed by atoms with E-state index in [-0.39, 0.29) is 46.8 Å². The van der Waals surface area contributed by atoms with Gasteiger partial charge >= 0.3 is 12.2 Å².